The number of piperazine rings is 1. The number of hydrogen-bond donors (Lipinski definition) is 0. The minimum Gasteiger partial charge on any atom is -0.366 e. The second-order valence-electron chi connectivity index (χ2n) is 6.13. The highest BCUT2D eigenvalue weighted by molar-refractivity contribution is 8.13. The van der Waals surface area contributed by atoms with Crippen LogP contribution in [0, 0.1) is 5.82 Å². The molecule has 2 heterocycles. The van der Waals surface area contributed by atoms with Gasteiger partial charge >= 0.3 is 0 Å². The summed E-state index contributed by atoms with van der Waals surface area (Å²) >= 11 is 1.24. The molecule has 8 heteroatoms. The third kappa shape index (κ3) is 3.95. The first-order valence-corrected chi connectivity index (χ1v) is 9.19. The van der Waals surface area contributed by atoms with E-state index >= 15 is 0 Å². The van der Waals surface area contributed by atoms with Gasteiger partial charge in [0.1, 0.15) is 12.4 Å². The molecule has 2 fully saturated rings. The van der Waals surface area contributed by atoms with Crippen molar-refractivity contribution in [3.8, 4) is 0 Å². The van der Waals surface area contributed by atoms with Gasteiger partial charge in [0.15, 0.2) is 5.78 Å². The fourth-order valence-electron chi connectivity index (χ4n) is 3.01. The van der Waals surface area contributed by atoms with Crippen LogP contribution in [0.25, 0.3) is 0 Å². The zero-order valence-electron chi connectivity index (χ0n) is 14.0. The van der Waals surface area contributed by atoms with Gasteiger partial charge in [0.2, 0.25) is 5.91 Å². The van der Waals surface area contributed by atoms with Crippen LogP contribution in [0.5, 0.6) is 0 Å². The largest absolute Gasteiger partial charge is 0.366 e. The Hall–Kier alpha value is -2.09. The molecule has 2 saturated heterocycles. The van der Waals surface area contributed by atoms with Crippen LogP contribution in [0.2, 0.25) is 0 Å². The fourth-order valence-corrected chi connectivity index (χ4v) is 3.84. The molecular weight excluding hydrogens is 345 g/mol. The van der Waals surface area contributed by atoms with Crippen molar-refractivity contribution in [3.05, 3.63) is 29.6 Å². The van der Waals surface area contributed by atoms with E-state index < -0.39 is 5.82 Å². The summed E-state index contributed by atoms with van der Waals surface area (Å²) in [6, 6.07) is 4.49. The Bertz CT molecular complexity index is 704. The molecule has 0 aliphatic carbocycles. The van der Waals surface area contributed by atoms with Crippen molar-refractivity contribution in [2.75, 3.05) is 49.9 Å². The van der Waals surface area contributed by atoms with Gasteiger partial charge in [0.05, 0.1) is 5.69 Å². The average molecular weight is 365 g/mol. The van der Waals surface area contributed by atoms with E-state index in [0.29, 0.717) is 44.0 Å². The highest BCUT2D eigenvalue weighted by atomic mass is 32.2. The van der Waals surface area contributed by atoms with Crippen LogP contribution in [0.15, 0.2) is 18.2 Å². The minimum absolute atomic E-state index is 0.0420. The number of Topliss-reactive ketones (excluding diaryl/α,β-unsaturated/α-hetero) is 1. The van der Waals surface area contributed by atoms with E-state index in [4.69, 9.17) is 0 Å². The molecule has 0 spiro atoms. The van der Waals surface area contributed by atoms with Crippen molar-refractivity contribution in [3.63, 3.8) is 0 Å². The molecule has 134 valence electrons. The molecule has 1 aromatic carbocycles. The van der Waals surface area contributed by atoms with Crippen molar-refractivity contribution >= 4 is 34.4 Å². The van der Waals surface area contributed by atoms with Crippen LogP contribution in [0.4, 0.5) is 14.9 Å². The Morgan fingerprint density at radius 1 is 1.16 bits per heavy atom. The molecule has 0 bridgehead atoms. The normalized spacial score (nSPS) is 18.0. The molecular formula is C17H20FN3O3S. The standard InChI is InChI=1S/C17H20FN3O3S/c1-12(22)13-2-3-15(14(18)10-13)19-4-6-20(7-5-19)16(23)11-21-8-9-25-17(21)24/h2-3,10H,4-9,11H2,1H3. The number of thioether (sulfide) groups is 1. The molecule has 0 unspecified atom stereocenters. The average Bonchev–Trinajstić information content (AvgIpc) is 2.99. The first-order valence-electron chi connectivity index (χ1n) is 8.20. The predicted molar refractivity (Wildman–Crippen MR) is 94.6 cm³/mol. The number of carbonyl (C=O) groups excluding carboxylic acids is 3. The van der Waals surface area contributed by atoms with Crippen molar-refractivity contribution in [1.29, 1.82) is 0 Å². The number of halogens is 1. The second-order valence-corrected chi connectivity index (χ2v) is 7.17. The van der Waals surface area contributed by atoms with E-state index in [-0.39, 0.29) is 23.5 Å². The van der Waals surface area contributed by atoms with E-state index in [2.05, 4.69) is 0 Å². The van der Waals surface area contributed by atoms with Gasteiger partial charge in [-0.05, 0) is 25.1 Å². The van der Waals surface area contributed by atoms with Crippen LogP contribution >= 0.6 is 11.8 Å². The summed E-state index contributed by atoms with van der Waals surface area (Å²) in [5.41, 5.74) is 0.798. The van der Waals surface area contributed by atoms with Gasteiger partial charge in [0.25, 0.3) is 5.24 Å². The minimum atomic E-state index is -0.424. The lowest BCUT2D eigenvalue weighted by atomic mass is 10.1. The van der Waals surface area contributed by atoms with Gasteiger partial charge in [-0.25, -0.2) is 4.39 Å². The van der Waals surface area contributed by atoms with E-state index in [1.165, 1.54) is 24.8 Å². The Balaban J connectivity index is 1.57. The molecule has 1 aromatic rings. The van der Waals surface area contributed by atoms with Crippen LogP contribution in [0.1, 0.15) is 17.3 Å². The highest BCUT2D eigenvalue weighted by Crippen LogP contribution is 2.23. The molecule has 25 heavy (non-hydrogen) atoms. The van der Waals surface area contributed by atoms with Gasteiger partial charge in [-0.15, -0.1) is 0 Å². The maximum absolute atomic E-state index is 14.2. The molecule has 2 aliphatic rings. The van der Waals surface area contributed by atoms with E-state index in [1.807, 2.05) is 4.90 Å². The lowest BCUT2D eigenvalue weighted by Crippen LogP contribution is -2.51. The third-order valence-corrected chi connectivity index (χ3v) is 5.39. The van der Waals surface area contributed by atoms with Gasteiger partial charge in [-0.1, -0.05) is 11.8 Å². The van der Waals surface area contributed by atoms with Crippen LogP contribution in [0.3, 0.4) is 0 Å². The maximum atomic E-state index is 14.2. The summed E-state index contributed by atoms with van der Waals surface area (Å²) in [5, 5.41) is -0.0420. The Morgan fingerprint density at radius 2 is 1.88 bits per heavy atom. The highest BCUT2D eigenvalue weighted by Gasteiger charge is 2.28. The second kappa shape index (κ2) is 7.43. The maximum Gasteiger partial charge on any atom is 0.282 e. The lowest BCUT2D eigenvalue weighted by Gasteiger charge is -2.36. The number of carbonyl (C=O) groups is 3. The van der Waals surface area contributed by atoms with Gasteiger partial charge < -0.3 is 14.7 Å². The molecule has 2 amide bonds. The van der Waals surface area contributed by atoms with Gasteiger partial charge in [0, 0.05) is 44.0 Å². The number of anilines is 1. The number of rotatable bonds is 4. The van der Waals surface area contributed by atoms with Crippen molar-refractivity contribution in [2.45, 2.75) is 6.92 Å². The summed E-state index contributed by atoms with van der Waals surface area (Å²) in [6.07, 6.45) is 0. The SMILES string of the molecule is CC(=O)c1ccc(N2CCN(C(=O)CN3CCSC3=O)CC2)c(F)c1. The fraction of sp³-hybridized carbons (Fsp3) is 0.471. The first-order chi connectivity index (χ1) is 12.0. The quantitative estimate of drug-likeness (QED) is 0.762. The molecule has 2 aliphatic heterocycles. The van der Waals surface area contributed by atoms with Crippen molar-refractivity contribution in [1.82, 2.24) is 9.80 Å². The first kappa shape index (κ1) is 17.7. The van der Waals surface area contributed by atoms with Gasteiger partial charge in [-0.2, -0.15) is 0 Å². The van der Waals surface area contributed by atoms with Crippen LogP contribution in [-0.4, -0.2) is 71.8 Å². The molecule has 0 atom stereocenters. The number of hydrogen-bond acceptors (Lipinski definition) is 5. The molecule has 0 radical (unpaired) electrons. The number of amides is 2. The summed E-state index contributed by atoms with van der Waals surface area (Å²) in [6.45, 7) is 4.15. The third-order valence-electron chi connectivity index (χ3n) is 4.50. The molecule has 3 rings (SSSR count). The Kier molecular flexibility index (Phi) is 5.27. The van der Waals surface area contributed by atoms with Crippen molar-refractivity contribution < 1.29 is 18.8 Å². The smallest absolute Gasteiger partial charge is 0.282 e. The summed E-state index contributed by atoms with van der Waals surface area (Å²) in [4.78, 5) is 40.4. The zero-order chi connectivity index (χ0) is 18.0. The lowest BCUT2D eigenvalue weighted by molar-refractivity contribution is -0.131. The Morgan fingerprint density at radius 3 is 2.44 bits per heavy atom. The monoisotopic (exact) mass is 365 g/mol. The summed E-state index contributed by atoms with van der Waals surface area (Å²) < 4.78 is 14.2. The Labute approximate surface area is 149 Å². The summed E-state index contributed by atoms with van der Waals surface area (Å²) in [7, 11) is 0. The van der Waals surface area contributed by atoms with Crippen LogP contribution < -0.4 is 4.90 Å². The molecule has 0 aromatic heterocycles. The topological polar surface area (TPSA) is 60.9 Å². The van der Waals surface area contributed by atoms with E-state index in [9.17, 15) is 18.8 Å². The van der Waals surface area contributed by atoms with E-state index in [1.54, 1.807) is 21.9 Å². The van der Waals surface area contributed by atoms with E-state index in [0.717, 1.165) is 5.75 Å². The molecule has 0 saturated carbocycles. The zero-order valence-corrected chi connectivity index (χ0v) is 14.9. The van der Waals surface area contributed by atoms with Gasteiger partial charge in [-0.3, -0.25) is 14.4 Å². The molecule has 6 nitrogen and oxygen atoms in total. The molecule has 0 N–H and O–H groups in total. The number of ketones is 1. The van der Waals surface area contributed by atoms with Crippen LogP contribution in [-0.2, 0) is 4.79 Å². The number of benzene rings is 1. The van der Waals surface area contributed by atoms with Crippen molar-refractivity contribution in [2.24, 2.45) is 0 Å². The predicted octanol–water partition coefficient (Wildman–Crippen LogP) is 1.85. The number of nitrogens with zero attached hydrogens (tertiary/aromatic N) is 3. The summed E-state index contributed by atoms with van der Waals surface area (Å²) in [5.74, 6) is 0.0700.